The first kappa shape index (κ1) is 17.7. The van der Waals surface area contributed by atoms with E-state index in [1.807, 2.05) is 0 Å². The summed E-state index contributed by atoms with van der Waals surface area (Å²) in [7, 11) is 1.53. The fourth-order valence-corrected chi connectivity index (χ4v) is 5.86. The molecule has 0 spiro atoms. The standard InChI is InChI=1S/C21H32O3/c1-13-7-6-8-18-20(13,3)10-9-14(2)21(18,4)12-15-16(22)11-17(24-5)19(15)23/h11,14-15,18-19,23H,1,6-10,12H2,2-5H3. The van der Waals surface area contributed by atoms with Crippen LogP contribution in [0.15, 0.2) is 24.0 Å². The zero-order valence-electron chi connectivity index (χ0n) is 15.6. The molecule has 0 amide bonds. The van der Waals surface area contributed by atoms with Crippen molar-refractivity contribution in [3.05, 3.63) is 24.0 Å². The van der Waals surface area contributed by atoms with E-state index in [1.54, 1.807) is 0 Å². The van der Waals surface area contributed by atoms with Gasteiger partial charge in [-0.25, -0.2) is 0 Å². The average molecular weight is 332 g/mol. The smallest absolute Gasteiger partial charge is 0.165 e. The van der Waals surface area contributed by atoms with E-state index in [0.29, 0.717) is 17.6 Å². The molecule has 134 valence electrons. The third-order valence-electron chi connectivity index (χ3n) is 7.78. The molecule has 0 saturated heterocycles. The number of allylic oxidation sites excluding steroid dienone is 2. The number of ether oxygens (including phenoxy) is 1. The molecule has 6 unspecified atom stereocenters. The number of hydrogen-bond acceptors (Lipinski definition) is 3. The van der Waals surface area contributed by atoms with Crippen LogP contribution in [0.5, 0.6) is 0 Å². The first-order valence-corrected chi connectivity index (χ1v) is 9.40. The zero-order chi connectivity index (χ0) is 17.7. The normalized spacial score (nSPS) is 45.8. The van der Waals surface area contributed by atoms with Gasteiger partial charge < -0.3 is 9.84 Å². The summed E-state index contributed by atoms with van der Waals surface area (Å²) in [6.07, 6.45) is 7.36. The summed E-state index contributed by atoms with van der Waals surface area (Å²) >= 11 is 0. The van der Waals surface area contributed by atoms with Crippen molar-refractivity contribution in [1.29, 1.82) is 0 Å². The van der Waals surface area contributed by atoms with Crippen LogP contribution in [0.2, 0.25) is 0 Å². The predicted molar refractivity (Wildman–Crippen MR) is 95.3 cm³/mol. The van der Waals surface area contributed by atoms with E-state index in [4.69, 9.17) is 4.74 Å². The summed E-state index contributed by atoms with van der Waals surface area (Å²) in [4.78, 5) is 12.4. The first-order chi connectivity index (χ1) is 11.2. The summed E-state index contributed by atoms with van der Waals surface area (Å²) in [6, 6.07) is 0. The van der Waals surface area contributed by atoms with E-state index in [-0.39, 0.29) is 22.5 Å². The molecule has 0 aromatic carbocycles. The highest BCUT2D eigenvalue weighted by Gasteiger charge is 2.55. The minimum Gasteiger partial charge on any atom is -0.498 e. The van der Waals surface area contributed by atoms with Crippen molar-refractivity contribution in [2.45, 2.75) is 65.4 Å². The number of carbonyl (C=O) groups is 1. The van der Waals surface area contributed by atoms with Crippen molar-refractivity contribution >= 4 is 5.78 Å². The Labute approximate surface area is 146 Å². The first-order valence-electron chi connectivity index (χ1n) is 9.40. The lowest BCUT2D eigenvalue weighted by atomic mass is 9.45. The molecule has 2 saturated carbocycles. The Kier molecular flexibility index (Phi) is 4.44. The van der Waals surface area contributed by atoms with E-state index in [2.05, 4.69) is 27.4 Å². The minimum atomic E-state index is -0.786. The molecule has 3 heteroatoms. The van der Waals surface area contributed by atoms with Crippen molar-refractivity contribution < 1.29 is 14.6 Å². The topological polar surface area (TPSA) is 46.5 Å². The van der Waals surface area contributed by atoms with Crippen molar-refractivity contribution in [1.82, 2.24) is 0 Å². The molecule has 0 radical (unpaired) electrons. The molecule has 0 bridgehead atoms. The number of methoxy groups -OCH3 is 1. The van der Waals surface area contributed by atoms with Gasteiger partial charge in [-0.15, -0.1) is 0 Å². The Morgan fingerprint density at radius 2 is 2.08 bits per heavy atom. The Morgan fingerprint density at radius 3 is 2.71 bits per heavy atom. The highest BCUT2D eigenvalue weighted by atomic mass is 16.5. The predicted octanol–water partition coefficient (Wildman–Crippen LogP) is 4.27. The summed E-state index contributed by atoms with van der Waals surface area (Å²) in [6.45, 7) is 11.5. The molecule has 3 aliphatic rings. The van der Waals surface area contributed by atoms with Crippen LogP contribution in [0.1, 0.15) is 59.3 Å². The van der Waals surface area contributed by atoms with Crippen molar-refractivity contribution in [2.75, 3.05) is 7.11 Å². The maximum Gasteiger partial charge on any atom is 0.165 e. The van der Waals surface area contributed by atoms with Crippen LogP contribution in [-0.2, 0) is 9.53 Å². The molecule has 6 atom stereocenters. The molecule has 3 nitrogen and oxygen atoms in total. The summed E-state index contributed by atoms with van der Waals surface area (Å²) < 4.78 is 5.19. The van der Waals surface area contributed by atoms with Crippen molar-refractivity contribution in [3.8, 4) is 0 Å². The van der Waals surface area contributed by atoms with Gasteiger partial charge in [-0.1, -0.05) is 32.9 Å². The Bertz CT molecular complexity index is 578. The quantitative estimate of drug-likeness (QED) is 0.785. The molecular formula is C21H32O3. The van der Waals surface area contributed by atoms with Crippen LogP contribution in [-0.4, -0.2) is 24.1 Å². The van der Waals surface area contributed by atoms with Gasteiger partial charge in [-0.2, -0.15) is 0 Å². The Balaban J connectivity index is 1.90. The third kappa shape index (κ3) is 2.47. The molecule has 24 heavy (non-hydrogen) atoms. The van der Waals surface area contributed by atoms with Crippen LogP contribution in [0.25, 0.3) is 0 Å². The number of fused-ring (bicyclic) bond motifs is 1. The molecule has 2 fully saturated rings. The molecular weight excluding hydrogens is 300 g/mol. The number of aliphatic hydroxyl groups excluding tert-OH is 1. The molecule has 0 heterocycles. The third-order valence-corrected chi connectivity index (χ3v) is 7.78. The average Bonchev–Trinajstić information content (AvgIpc) is 2.81. The molecule has 0 aromatic heterocycles. The summed E-state index contributed by atoms with van der Waals surface area (Å²) in [5.74, 6) is 1.18. The molecule has 0 aliphatic heterocycles. The molecule has 3 rings (SSSR count). The van der Waals surface area contributed by atoms with Gasteiger partial charge in [0.2, 0.25) is 0 Å². The Morgan fingerprint density at radius 1 is 1.38 bits per heavy atom. The fourth-order valence-electron chi connectivity index (χ4n) is 5.86. The van der Waals surface area contributed by atoms with E-state index < -0.39 is 6.10 Å². The lowest BCUT2D eigenvalue weighted by Gasteiger charge is -2.59. The van der Waals surface area contributed by atoms with Crippen LogP contribution >= 0.6 is 0 Å². The van der Waals surface area contributed by atoms with Gasteiger partial charge in [0.25, 0.3) is 0 Å². The maximum absolute atomic E-state index is 12.4. The van der Waals surface area contributed by atoms with Crippen LogP contribution < -0.4 is 0 Å². The van der Waals surface area contributed by atoms with E-state index in [9.17, 15) is 9.90 Å². The second kappa shape index (κ2) is 6.01. The number of rotatable bonds is 3. The van der Waals surface area contributed by atoms with Crippen LogP contribution in [0.4, 0.5) is 0 Å². The second-order valence-electron chi connectivity index (χ2n) is 8.82. The SMILES string of the molecule is C=C1CCCC2C1(C)CCC(C)C2(C)CC1C(=O)C=C(OC)C1O. The van der Waals surface area contributed by atoms with Gasteiger partial charge in [0.05, 0.1) is 13.0 Å². The number of hydrogen-bond donors (Lipinski definition) is 1. The number of carbonyl (C=O) groups excluding carboxylic acids is 1. The lowest BCUT2D eigenvalue weighted by molar-refractivity contribution is -0.125. The number of ketones is 1. The zero-order valence-corrected chi connectivity index (χ0v) is 15.6. The maximum atomic E-state index is 12.4. The van der Waals surface area contributed by atoms with Gasteiger partial charge in [0, 0.05) is 6.08 Å². The Hall–Kier alpha value is -1.09. The summed E-state index contributed by atoms with van der Waals surface area (Å²) in [5, 5.41) is 10.5. The van der Waals surface area contributed by atoms with Gasteiger partial charge in [0.1, 0.15) is 11.9 Å². The van der Waals surface area contributed by atoms with Crippen molar-refractivity contribution in [3.63, 3.8) is 0 Å². The lowest BCUT2D eigenvalue weighted by Crippen LogP contribution is -2.51. The van der Waals surface area contributed by atoms with E-state index in [1.165, 1.54) is 44.4 Å². The monoisotopic (exact) mass is 332 g/mol. The van der Waals surface area contributed by atoms with Crippen molar-refractivity contribution in [2.24, 2.45) is 28.6 Å². The largest absolute Gasteiger partial charge is 0.498 e. The van der Waals surface area contributed by atoms with Gasteiger partial charge in [-0.05, 0) is 61.2 Å². The number of aliphatic hydroxyl groups is 1. The molecule has 1 N–H and O–H groups in total. The van der Waals surface area contributed by atoms with E-state index in [0.717, 1.165) is 12.8 Å². The highest BCUT2D eigenvalue weighted by Crippen LogP contribution is 2.63. The minimum absolute atomic E-state index is 0.0229. The fraction of sp³-hybridized carbons (Fsp3) is 0.762. The van der Waals surface area contributed by atoms with Gasteiger partial charge in [0.15, 0.2) is 5.78 Å². The molecule has 0 aromatic rings. The highest BCUT2D eigenvalue weighted by molar-refractivity contribution is 5.95. The van der Waals surface area contributed by atoms with E-state index >= 15 is 0 Å². The van der Waals surface area contributed by atoms with Crippen LogP contribution in [0, 0.1) is 28.6 Å². The van der Waals surface area contributed by atoms with Crippen LogP contribution in [0.3, 0.4) is 0 Å². The summed E-state index contributed by atoms with van der Waals surface area (Å²) in [5.41, 5.74) is 1.63. The van der Waals surface area contributed by atoms with Gasteiger partial charge >= 0.3 is 0 Å². The van der Waals surface area contributed by atoms with Gasteiger partial charge in [-0.3, -0.25) is 4.79 Å². The molecule has 3 aliphatic carbocycles. The second-order valence-corrected chi connectivity index (χ2v) is 8.82.